The lowest BCUT2D eigenvalue weighted by Gasteiger charge is -2.21. The van der Waals surface area contributed by atoms with E-state index in [1.165, 1.54) is 12.4 Å². The standard InChI is InChI=1S/C31H29N5O4/c1-20(35-30(38)28-21(2)32-16-17-33-28)25-19-23-10-6-9-22(11-7-15-34-29(37)26-14-8-18-40-26)27(23)31(39)36(25)24-12-4-3-5-13-24/h3-6,9-10,12-13,16-17,19-20,26H,8,14-15,18H2,1-2H3,(H,34,37)(H,35,38)/t20-,26-/m1/s1. The summed E-state index contributed by atoms with van der Waals surface area (Å²) in [6.07, 6.45) is 4.17. The average molecular weight is 536 g/mol. The molecule has 9 nitrogen and oxygen atoms in total. The molecule has 1 fully saturated rings. The Morgan fingerprint density at radius 2 is 1.93 bits per heavy atom. The van der Waals surface area contributed by atoms with Gasteiger partial charge in [0.25, 0.3) is 11.5 Å². The minimum atomic E-state index is -0.533. The molecular formula is C31H29N5O4. The van der Waals surface area contributed by atoms with Crippen molar-refractivity contribution < 1.29 is 14.3 Å². The van der Waals surface area contributed by atoms with Crippen LogP contribution in [0.2, 0.25) is 0 Å². The number of nitrogens with zero attached hydrogens (tertiary/aromatic N) is 3. The van der Waals surface area contributed by atoms with E-state index in [-0.39, 0.29) is 29.6 Å². The molecule has 1 aliphatic heterocycles. The number of pyridine rings is 1. The van der Waals surface area contributed by atoms with Crippen LogP contribution in [0.4, 0.5) is 0 Å². The summed E-state index contributed by atoms with van der Waals surface area (Å²) in [5, 5.41) is 6.90. The van der Waals surface area contributed by atoms with Gasteiger partial charge in [0, 0.05) is 35.9 Å². The number of para-hydroxylation sites is 1. The average Bonchev–Trinajstić information content (AvgIpc) is 3.51. The van der Waals surface area contributed by atoms with Crippen molar-refractivity contribution in [3.05, 3.63) is 100.0 Å². The third-order valence-electron chi connectivity index (χ3n) is 6.77. The maximum Gasteiger partial charge on any atom is 0.272 e. The number of hydrogen-bond donors (Lipinski definition) is 2. The zero-order valence-corrected chi connectivity index (χ0v) is 22.3. The van der Waals surface area contributed by atoms with Gasteiger partial charge in [-0.15, -0.1) is 0 Å². The zero-order valence-electron chi connectivity index (χ0n) is 22.3. The third kappa shape index (κ3) is 5.63. The number of aromatic nitrogens is 3. The number of hydrogen-bond acceptors (Lipinski definition) is 6. The van der Waals surface area contributed by atoms with Gasteiger partial charge in [0.15, 0.2) is 0 Å². The van der Waals surface area contributed by atoms with Gasteiger partial charge >= 0.3 is 0 Å². The van der Waals surface area contributed by atoms with Crippen molar-refractivity contribution in [1.82, 2.24) is 25.2 Å². The van der Waals surface area contributed by atoms with Gasteiger partial charge in [0.05, 0.1) is 23.7 Å². The summed E-state index contributed by atoms with van der Waals surface area (Å²) in [6.45, 7) is 4.28. The van der Waals surface area contributed by atoms with Crippen LogP contribution in [-0.4, -0.2) is 45.6 Å². The van der Waals surface area contributed by atoms with E-state index in [4.69, 9.17) is 4.74 Å². The number of ether oxygens (including phenoxy) is 1. The van der Waals surface area contributed by atoms with Crippen molar-refractivity contribution in [3.63, 3.8) is 0 Å². The molecule has 0 radical (unpaired) electrons. The highest BCUT2D eigenvalue weighted by molar-refractivity contribution is 5.93. The molecule has 9 heteroatoms. The summed E-state index contributed by atoms with van der Waals surface area (Å²) >= 11 is 0. The molecule has 0 saturated carbocycles. The predicted molar refractivity (Wildman–Crippen MR) is 151 cm³/mol. The molecule has 0 spiro atoms. The third-order valence-corrected chi connectivity index (χ3v) is 6.77. The first kappa shape index (κ1) is 26.8. The van der Waals surface area contributed by atoms with Gasteiger partial charge < -0.3 is 15.4 Å². The summed E-state index contributed by atoms with van der Waals surface area (Å²) in [5.41, 5.74) is 2.30. The van der Waals surface area contributed by atoms with E-state index >= 15 is 0 Å². The normalized spacial score (nSPS) is 15.2. The number of rotatable bonds is 6. The molecule has 40 heavy (non-hydrogen) atoms. The first-order chi connectivity index (χ1) is 19.4. The second-order valence-corrected chi connectivity index (χ2v) is 9.52. The molecule has 4 aromatic rings. The van der Waals surface area contributed by atoms with E-state index < -0.39 is 12.1 Å². The van der Waals surface area contributed by atoms with Crippen molar-refractivity contribution in [2.75, 3.05) is 13.2 Å². The molecule has 2 aromatic carbocycles. The van der Waals surface area contributed by atoms with Crippen LogP contribution in [0.3, 0.4) is 0 Å². The van der Waals surface area contributed by atoms with Gasteiger partial charge in [0.1, 0.15) is 11.8 Å². The molecule has 2 amide bonds. The Morgan fingerprint density at radius 3 is 2.67 bits per heavy atom. The van der Waals surface area contributed by atoms with Gasteiger partial charge in [-0.2, -0.15) is 0 Å². The number of benzene rings is 2. The van der Waals surface area contributed by atoms with Crippen LogP contribution in [0.15, 0.2) is 71.8 Å². The lowest BCUT2D eigenvalue weighted by atomic mass is 10.0. The lowest BCUT2D eigenvalue weighted by molar-refractivity contribution is -0.129. The Kier molecular flexibility index (Phi) is 7.99. The highest BCUT2D eigenvalue weighted by Crippen LogP contribution is 2.23. The van der Waals surface area contributed by atoms with E-state index in [1.54, 1.807) is 17.6 Å². The predicted octanol–water partition coefficient (Wildman–Crippen LogP) is 3.23. The number of carbonyl (C=O) groups excluding carboxylic acids is 2. The van der Waals surface area contributed by atoms with Gasteiger partial charge in [-0.1, -0.05) is 42.2 Å². The molecule has 0 unspecified atom stereocenters. The van der Waals surface area contributed by atoms with Crippen molar-refractivity contribution in [1.29, 1.82) is 0 Å². The van der Waals surface area contributed by atoms with Crippen LogP contribution in [-0.2, 0) is 9.53 Å². The monoisotopic (exact) mass is 535 g/mol. The summed E-state index contributed by atoms with van der Waals surface area (Å²) in [5.74, 6) is 5.47. The number of amides is 2. The van der Waals surface area contributed by atoms with E-state index in [2.05, 4.69) is 32.4 Å². The van der Waals surface area contributed by atoms with Crippen molar-refractivity contribution in [2.24, 2.45) is 0 Å². The molecular weight excluding hydrogens is 506 g/mol. The zero-order chi connectivity index (χ0) is 28.1. The molecule has 0 bridgehead atoms. The maximum atomic E-state index is 14.1. The van der Waals surface area contributed by atoms with Crippen molar-refractivity contribution in [2.45, 2.75) is 38.8 Å². The fourth-order valence-electron chi connectivity index (χ4n) is 4.79. The highest BCUT2D eigenvalue weighted by Gasteiger charge is 2.23. The summed E-state index contributed by atoms with van der Waals surface area (Å²) in [7, 11) is 0. The largest absolute Gasteiger partial charge is 0.368 e. The molecule has 1 aliphatic rings. The molecule has 0 aliphatic carbocycles. The van der Waals surface area contributed by atoms with Gasteiger partial charge in [-0.05, 0) is 56.3 Å². The van der Waals surface area contributed by atoms with Crippen LogP contribution < -0.4 is 16.2 Å². The van der Waals surface area contributed by atoms with Crippen LogP contribution in [0.5, 0.6) is 0 Å². The van der Waals surface area contributed by atoms with E-state index in [0.717, 1.165) is 6.42 Å². The van der Waals surface area contributed by atoms with Crippen LogP contribution >= 0.6 is 0 Å². The molecule has 2 N–H and O–H groups in total. The lowest BCUT2D eigenvalue weighted by Crippen LogP contribution is -2.34. The molecule has 1 saturated heterocycles. The summed E-state index contributed by atoms with van der Waals surface area (Å²) < 4.78 is 7.01. The molecule has 2 aromatic heterocycles. The minimum Gasteiger partial charge on any atom is -0.368 e. The molecule has 5 rings (SSSR count). The molecule has 2 atom stereocenters. The number of nitrogens with one attached hydrogen (secondary N) is 2. The number of fused-ring (bicyclic) bond motifs is 1. The Bertz CT molecular complexity index is 1680. The van der Waals surface area contributed by atoms with Crippen LogP contribution in [0, 0.1) is 18.8 Å². The van der Waals surface area contributed by atoms with Crippen LogP contribution in [0.25, 0.3) is 16.5 Å². The smallest absolute Gasteiger partial charge is 0.272 e. The first-order valence-electron chi connectivity index (χ1n) is 13.1. The Balaban J connectivity index is 1.51. The van der Waals surface area contributed by atoms with Crippen molar-refractivity contribution in [3.8, 4) is 17.5 Å². The van der Waals surface area contributed by atoms with Gasteiger partial charge in [0.2, 0.25) is 5.91 Å². The molecule has 3 heterocycles. The number of aryl methyl sites for hydroxylation is 1. The first-order valence-corrected chi connectivity index (χ1v) is 13.1. The Hall–Kier alpha value is -4.81. The maximum absolute atomic E-state index is 14.1. The minimum absolute atomic E-state index is 0.144. The second-order valence-electron chi connectivity index (χ2n) is 9.52. The van der Waals surface area contributed by atoms with E-state index in [1.807, 2.05) is 55.5 Å². The van der Waals surface area contributed by atoms with Crippen LogP contribution in [0.1, 0.15) is 53.2 Å². The Morgan fingerprint density at radius 1 is 1.12 bits per heavy atom. The quantitative estimate of drug-likeness (QED) is 0.367. The van der Waals surface area contributed by atoms with Crippen molar-refractivity contribution >= 4 is 22.6 Å². The van der Waals surface area contributed by atoms with E-state index in [0.29, 0.717) is 46.4 Å². The molecule has 202 valence electrons. The fourth-order valence-corrected chi connectivity index (χ4v) is 4.79. The summed E-state index contributed by atoms with van der Waals surface area (Å²) in [4.78, 5) is 47.6. The summed E-state index contributed by atoms with van der Waals surface area (Å²) in [6, 6.07) is 16.1. The van der Waals surface area contributed by atoms with E-state index in [9.17, 15) is 14.4 Å². The highest BCUT2D eigenvalue weighted by atomic mass is 16.5. The second kappa shape index (κ2) is 11.9. The fraction of sp³-hybridized carbons (Fsp3) is 0.258. The number of carbonyl (C=O) groups is 2. The Labute approximate surface area is 231 Å². The van der Waals surface area contributed by atoms with Gasteiger partial charge in [-0.25, -0.2) is 4.98 Å². The van der Waals surface area contributed by atoms with Gasteiger partial charge in [-0.3, -0.25) is 23.9 Å². The SMILES string of the molecule is Cc1nccnc1C(=O)N[C@H](C)c1cc2cccc(C#CCNC(=O)[C@H]3CCCO3)c2c(=O)n1-c1ccccc1. The topological polar surface area (TPSA) is 115 Å².